The van der Waals surface area contributed by atoms with Crippen molar-refractivity contribution in [2.24, 2.45) is 5.10 Å². The molecule has 0 saturated heterocycles. The van der Waals surface area contributed by atoms with Gasteiger partial charge in [-0.2, -0.15) is 5.10 Å². The highest BCUT2D eigenvalue weighted by Crippen LogP contribution is 2.34. The van der Waals surface area contributed by atoms with E-state index in [2.05, 4.69) is 30.7 Å². The van der Waals surface area contributed by atoms with Crippen molar-refractivity contribution < 1.29 is 9.59 Å². The average molecular weight is 480 g/mol. The minimum absolute atomic E-state index is 0.0802. The van der Waals surface area contributed by atoms with Crippen molar-refractivity contribution in [3.8, 4) is 0 Å². The lowest BCUT2D eigenvalue weighted by molar-refractivity contribution is 0.102. The Hall–Kier alpha value is -4.08. The summed E-state index contributed by atoms with van der Waals surface area (Å²) >= 11 is 12.3. The first-order chi connectivity index (χ1) is 16.0. The van der Waals surface area contributed by atoms with E-state index >= 15 is 0 Å². The van der Waals surface area contributed by atoms with E-state index in [4.69, 9.17) is 23.2 Å². The molecule has 2 amide bonds. The van der Waals surface area contributed by atoms with Crippen LogP contribution in [0.4, 0.5) is 17.2 Å². The van der Waals surface area contributed by atoms with E-state index in [1.54, 1.807) is 48.8 Å². The lowest BCUT2D eigenvalue weighted by Crippen LogP contribution is -2.20. The molecule has 0 aliphatic carbocycles. The quantitative estimate of drug-likeness (QED) is 0.554. The van der Waals surface area contributed by atoms with Crippen molar-refractivity contribution in [3.05, 3.63) is 94.8 Å². The highest BCUT2D eigenvalue weighted by Gasteiger charge is 2.20. The van der Waals surface area contributed by atoms with Crippen LogP contribution in [0.25, 0.3) is 0 Å². The molecule has 0 fully saturated rings. The molecule has 0 spiro atoms. The topological polar surface area (TPSA) is 112 Å². The van der Waals surface area contributed by atoms with Crippen LogP contribution in [0.2, 0.25) is 10.0 Å². The maximum absolute atomic E-state index is 13.0. The number of amides is 2. The third-order valence-electron chi connectivity index (χ3n) is 4.32. The zero-order valence-electron chi connectivity index (χ0n) is 16.8. The number of nitrogens with one attached hydrogen (secondary N) is 2. The monoisotopic (exact) mass is 479 g/mol. The van der Waals surface area contributed by atoms with Crippen LogP contribution in [0, 0.1) is 0 Å². The molecular formula is C22H15Cl2N7O2. The molecule has 2 aromatic heterocycles. The standard InChI is InChI=1S/C22H15Cl2N7O2/c23-14-4-5-20(27-12-14)30-21(32)15-10-16(24)19(31-9-3-1-2-6-28-31)11-17(15)29-22(33)18-13-25-7-8-26-18/h1-13H,(H,29,33)(H,27,30,32). The Morgan fingerprint density at radius 3 is 2.55 bits per heavy atom. The van der Waals surface area contributed by atoms with Gasteiger partial charge in [-0.05, 0) is 36.4 Å². The molecule has 4 rings (SSSR count). The SMILES string of the molecule is O=C(Nc1cc(N2C=CC=CC=N2)c(Cl)cc1C(=O)Nc1ccc(Cl)cn1)c1cnccn1. The molecule has 0 bridgehead atoms. The first-order valence-corrected chi connectivity index (χ1v) is 10.3. The van der Waals surface area contributed by atoms with E-state index in [0.29, 0.717) is 10.7 Å². The lowest BCUT2D eigenvalue weighted by atomic mass is 10.1. The second kappa shape index (κ2) is 10.0. The van der Waals surface area contributed by atoms with Crippen molar-refractivity contribution in [2.75, 3.05) is 15.6 Å². The number of hydrogen-bond acceptors (Lipinski definition) is 7. The van der Waals surface area contributed by atoms with E-state index in [0.717, 1.165) is 0 Å². The fraction of sp³-hybridized carbons (Fsp3) is 0. The van der Waals surface area contributed by atoms with E-state index in [-0.39, 0.29) is 27.8 Å². The second-order valence-corrected chi connectivity index (χ2v) is 7.39. The fourth-order valence-corrected chi connectivity index (χ4v) is 3.16. The minimum atomic E-state index is -0.549. The molecule has 0 atom stereocenters. The predicted molar refractivity (Wildman–Crippen MR) is 128 cm³/mol. The molecular weight excluding hydrogens is 465 g/mol. The number of rotatable bonds is 5. The predicted octanol–water partition coefficient (Wildman–Crippen LogP) is 4.56. The van der Waals surface area contributed by atoms with Crippen LogP contribution in [-0.2, 0) is 0 Å². The molecule has 1 aliphatic rings. The van der Waals surface area contributed by atoms with E-state index in [9.17, 15) is 9.59 Å². The fourth-order valence-electron chi connectivity index (χ4n) is 2.80. The number of benzene rings is 1. The second-order valence-electron chi connectivity index (χ2n) is 6.55. The molecule has 0 unspecified atom stereocenters. The zero-order valence-corrected chi connectivity index (χ0v) is 18.3. The Morgan fingerprint density at radius 1 is 0.909 bits per heavy atom. The number of aromatic nitrogens is 3. The number of pyridine rings is 1. The van der Waals surface area contributed by atoms with Gasteiger partial charge in [0.15, 0.2) is 0 Å². The van der Waals surface area contributed by atoms with E-state index < -0.39 is 11.8 Å². The molecule has 1 aliphatic heterocycles. The number of hydrogen-bond donors (Lipinski definition) is 2. The highest BCUT2D eigenvalue weighted by molar-refractivity contribution is 6.34. The molecule has 1 aromatic carbocycles. The summed E-state index contributed by atoms with van der Waals surface area (Å²) in [4.78, 5) is 37.7. The molecule has 0 radical (unpaired) electrons. The number of carbonyl (C=O) groups is 2. The van der Waals surface area contributed by atoms with Crippen LogP contribution in [0.3, 0.4) is 0 Å². The van der Waals surface area contributed by atoms with Gasteiger partial charge in [0, 0.05) is 31.0 Å². The molecule has 0 saturated carbocycles. The summed E-state index contributed by atoms with van der Waals surface area (Å²) in [6.07, 6.45) is 14.2. The van der Waals surface area contributed by atoms with E-state index in [1.165, 1.54) is 35.9 Å². The first kappa shape index (κ1) is 22.1. The van der Waals surface area contributed by atoms with Crippen molar-refractivity contribution in [2.45, 2.75) is 0 Å². The first-order valence-electron chi connectivity index (χ1n) is 9.52. The van der Waals surface area contributed by atoms with Crippen LogP contribution in [-0.4, -0.2) is 33.0 Å². The largest absolute Gasteiger partial charge is 0.320 e. The molecule has 3 heterocycles. The Kier molecular flexibility index (Phi) is 6.72. The minimum Gasteiger partial charge on any atom is -0.320 e. The average Bonchev–Trinajstić information content (AvgIpc) is 3.11. The Balaban J connectivity index is 1.72. The van der Waals surface area contributed by atoms with Crippen LogP contribution >= 0.6 is 23.2 Å². The number of carbonyl (C=O) groups excluding carboxylic acids is 2. The van der Waals surface area contributed by atoms with Crippen molar-refractivity contribution in [1.82, 2.24) is 15.0 Å². The van der Waals surface area contributed by atoms with Crippen molar-refractivity contribution in [1.29, 1.82) is 0 Å². The number of nitrogens with zero attached hydrogens (tertiary/aromatic N) is 5. The zero-order chi connectivity index (χ0) is 23.2. The molecule has 9 nitrogen and oxygen atoms in total. The summed E-state index contributed by atoms with van der Waals surface area (Å²) < 4.78 is 0. The smallest absolute Gasteiger partial charge is 0.275 e. The normalized spacial score (nSPS) is 12.4. The summed E-state index contributed by atoms with van der Waals surface area (Å²) in [6.45, 7) is 0. The summed E-state index contributed by atoms with van der Waals surface area (Å²) in [5, 5.41) is 11.8. The van der Waals surface area contributed by atoms with Gasteiger partial charge >= 0.3 is 0 Å². The van der Waals surface area contributed by atoms with Crippen molar-refractivity contribution in [3.63, 3.8) is 0 Å². The van der Waals surface area contributed by atoms with Crippen molar-refractivity contribution >= 4 is 58.4 Å². The van der Waals surface area contributed by atoms with Gasteiger partial charge in [0.25, 0.3) is 11.8 Å². The Morgan fingerprint density at radius 2 is 1.79 bits per heavy atom. The third-order valence-corrected chi connectivity index (χ3v) is 4.84. The van der Waals surface area contributed by atoms with E-state index in [1.807, 2.05) is 0 Å². The number of hydrazone groups is 1. The molecule has 33 heavy (non-hydrogen) atoms. The van der Waals surface area contributed by atoms with Crippen LogP contribution in [0.5, 0.6) is 0 Å². The van der Waals surface area contributed by atoms with Gasteiger partial charge in [-0.15, -0.1) is 0 Å². The van der Waals surface area contributed by atoms with Gasteiger partial charge in [0.2, 0.25) is 0 Å². The number of allylic oxidation sites excluding steroid dienone is 3. The summed E-state index contributed by atoms with van der Waals surface area (Å²) in [5.74, 6) is -0.808. The molecule has 2 N–H and O–H groups in total. The van der Waals surface area contributed by atoms with Crippen LogP contribution < -0.4 is 15.6 Å². The molecule has 3 aromatic rings. The van der Waals surface area contributed by atoms with Gasteiger partial charge < -0.3 is 10.6 Å². The third kappa shape index (κ3) is 5.40. The maximum atomic E-state index is 13.0. The van der Waals surface area contributed by atoms with Gasteiger partial charge in [-0.25, -0.2) is 15.0 Å². The van der Waals surface area contributed by atoms with Crippen LogP contribution in [0.1, 0.15) is 20.8 Å². The van der Waals surface area contributed by atoms with Crippen LogP contribution in [0.15, 0.2) is 78.6 Å². The lowest BCUT2D eigenvalue weighted by Gasteiger charge is -2.19. The van der Waals surface area contributed by atoms with Gasteiger partial charge in [0.1, 0.15) is 11.5 Å². The molecule has 164 valence electrons. The number of anilines is 3. The molecule has 11 heteroatoms. The Bertz CT molecular complexity index is 1260. The maximum Gasteiger partial charge on any atom is 0.275 e. The Labute approximate surface area is 198 Å². The highest BCUT2D eigenvalue weighted by atomic mass is 35.5. The number of halogens is 2. The van der Waals surface area contributed by atoms with Gasteiger partial charge in [0.05, 0.1) is 33.2 Å². The summed E-state index contributed by atoms with van der Waals surface area (Å²) in [5.41, 5.74) is 0.830. The summed E-state index contributed by atoms with van der Waals surface area (Å²) in [6, 6.07) is 6.14. The van der Waals surface area contributed by atoms with Gasteiger partial charge in [-0.3, -0.25) is 14.6 Å². The summed E-state index contributed by atoms with van der Waals surface area (Å²) in [7, 11) is 0. The van der Waals surface area contributed by atoms with Gasteiger partial charge in [-0.1, -0.05) is 29.3 Å².